The highest BCUT2D eigenvalue weighted by atomic mass is 16.5. The summed E-state index contributed by atoms with van der Waals surface area (Å²) in [5.74, 6) is -0.184. The average Bonchev–Trinajstić information content (AvgIpc) is 2.79. The van der Waals surface area contributed by atoms with E-state index in [1.54, 1.807) is 67.8 Å². The molecule has 5 nitrogen and oxygen atoms in total. The largest absolute Gasteiger partial charge is 0.497 e. The minimum atomic E-state index is -0.440. The topological polar surface area (TPSA) is 67.4 Å². The zero-order valence-electron chi connectivity index (χ0n) is 16.5. The van der Waals surface area contributed by atoms with Crippen molar-refractivity contribution in [3.63, 3.8) is 0 Å². The van der Waals surface area contributed by atoms with Crippen molar-refractivity contribution >= 4 is 23.6 Å². The van der Waals surface area contributed by atoms with Crippen molar-refractivity contribution < 1.29 is 14.3 Å². The van der Waals surface area contributed by atoms with Crippen LogP contribution in [-0.2, 0) is 4.79 Å². The molecule has 0 heterocycles. The highest BCUT2D eigenvalue weighted by Crippen LogP contribution is 2.17. The van der Waals surface area contributed by atoms with Crippen molar-refractivity contribution in [2.45, 2.75) is 0 Å². The minimum Gasteiger partial charge on any atom is -0.497 e. The van der Waals surface area contributed by atoms with Gasteiger partial charge < -0.3 is 15.4 Å². The molecule has 0 atom stereocenters. The van der Waals surface area contributed by atoms with Gasteiger partial charge in [0.1, 0.15) is 11.4 Å². The zero-order chi connectivity index (χ0) is 21.2. The van der Waals surface area contributed by atoms with Gasteiger partial charge in [0.05, 0.1) is 7.11 Å². The molecule has 3 aromatic rings. The molecule has 3 aromatic carbocycles. The molecule has 2 amide bonds. The van der Waals surface area contributed by atoms with Crippen LogP contribution in [0.1, 0.15) is 15.9 Å². The standard InChI is InChI=1S/C25H22N2O3/c1-30-22-16-9-15-21(18-22)26-25(29)23(17-8-12-19-10-4-2-5-11-19)27-24(28)20-13-6-3-7-14-20/h2-18H,1H3,(H,26,29)(H,27,28)/b12-8+,23-17+. The van der Waals surface area contributed by atoms with E-state index >= 15 is 0 Å². The summed E-state index contributed by atoms with van der Waals surface area (Å²) >= 11 is 0. The van der Waals surface area contributed by atoms with E-state index in [-0.39, 0.29) is 11.6 Å². The number of methoxy groups -OCH3 is 1. The molecular weight excluding hydrogens is 376 g/mol. The number of hydrogen-bond donors (Lipinski definition) is 2. The summed E-state index contributed by atoms with van der Waals surface area (Å²) in [4.78, 5) is 25.4. The number of anilines is 1. The van der Waals surface area contributed by atoms with Crippen molar-refractivity contribution in [1.29, 1.82) is 0 Å². The lowest BCUT2D eigenvalue weighted by Gasteiger charge is -2.11. The van der Waals surface area contributed by atoms with Crippen molar-refractivity contribution in [3.05, 3.63) is 114 Å². The average molecular weight is 398 g/mol. The van der Waals surface area contributed by atoms with Crippen molar-refractivity contribution in [2.24, 2.45) is 0 Å². The van der Waals surface area contributed by atoms with Crippen LogP contribution in [0.2, 0.25) is 0 Å². The van der Waals surface area contributed by atoms with Gasteiger partial charge in [0.25, 0.3) is 11.8 Å². The van der Waals surface area contributed by atoms with Gasteiger partial charge in [0, 0.05) is 17.3 Å². The molecule has 0 radical (unpaired) electrons. The summed E-state index contributed by atoms with van der Waals surface area (Å²) in [5, 5.41) is 5.48. The summed E-state index contributed by atoms with van der Waals surface area (Å²) in [6, 6.07) is 25.4. The van der Waals surface area contributed by atoms with Gasteiger partial charge >= 0.3 is 0 Å². The van der Waals surface area contributed by atoms with E-state index in [4.69, 9.17) is 4.74 Å². The van der Waals surface area contributed by atoms with Gasteiger partial charge in [0.15, 0.2) is 0 Å². The summed E-state index contributed by atoms with van der Waals surface area (Å²) in [5.41, 5.74) is 2.13. The summed E-state index contributed by atoms with van der Waals surface area (Å²) in [7, 11) is 1.56. The molecule has 150 valence electrons. The molecular formula is C25H22N2O3. The molecule has 30 heavy (non-hydrogen) atoms. The van der Waals surface area contributed by atoms with E-state index in [9.17, 15) is 9.59 Å². The molecule has 0 unspecified atom stereocenters. The van der Waals surface area contributed by atoms with Crippen LogP contribution in [0.3, 0.4) is 0 Å². The zero-order valence-corrected chi connectivity index (χ0v) is 16.5. The van der Waals surface area contributed by atoms with Gasteiger partial charge in [0.2, 0.25) is 0 Å². The molecule has 3 rings (SSSR count). The van der Waals surface area contributed by atoms with E-state index in [0.29, 0.717) is 17.0 Å². The molecule has 0 aromatic heterocycles. The molecule has 0 saturated carbocycles. The first-order chi connectivity index (χ1) is 14.7. The van der Waals surface area contributed by atoms with Gasteiger partial charge in [-0.15, -0.1) is 0 Å². The smallest absolute Gasteiger partial charge is 0.272 e. The maximum absolute atomic E-state index is 12.9. The number of carbonyl (C=O) groups is 2. The van der Waals surface area contributed by atoms with Crippen LogP contribution in [0.5, 0.6) is 5.75 Å². The van der Waals surface area contributed by atoms with Crippen LogP contribution in [0.4, 0.5) is 5.69 Å². The Labute approximate surface area is 175 Å². The normalized spacial score (nSPS) is 11.2. The lowest BCUT2D eigenvalue weighted by atomic mass is 10.2. The van der Waals surface area contributed by atoms with Gasteiger partial charge in [-0.25, -0.2) is 0 Å². The number of nitrogens with one attached hydrogen (secondary N) is 2. The lowest BCUT2D eigenvalue weighted by molar-refractivity contribution is -0.113. The number of hydrogen-bond acceptors (Lipinski definition) is 3. The fraction of sp³-hybridized carbons (Fsp3) is 0.0400. The van der Waals surface area contributed by atoms with E-state index in [1.807, 2.05) is 42.5 Å². The van der Waals surface area contributed by atoms with Gasteiger partial charge in [-0.1, -0.05) is 66.7 Å². The molecule has 2 N–H and O–H groups in total. The molecule has 0 fully saturated rings. The van der Waals surface area contributed by atoms with E-state index in [1.165, 1.54) is 0 Å². The fourth-order valence-electron chi connectivity index (χ4n) is 2.68. The Morgan fingerprint density at radius 3 is 2.27 bits per heavy atom. The Morgan fingerprint density at radius 2 is 1.57 bits per heavy atom. The van der Waals surface area contributed by atoms with Gasteiger partial charge in [-0.05, 0) is 35.9 Å². The fourth-order valence-corrected chi connectivity index (χ4v) is 2.68. The SMILES string of the molecule is COc1cccc(NC(=O)/C(=C\C=C\c2ccccc2)NC(=O)c2ccccc2)c1. The number of amides is 2. The van der Waals surface area contributed by atoms with Crippen LogP contribution >= 0.6 is 0 Å². The molecule has 5 heteroatoms. The minimum absolute atomic E-state index is 0.124. The number of carbonyl (C=O) groups excluding carboxylic acids is 2. The Kier molecular flexibility index (Phi) is 7.17. The first-order valence-corrected chi connectivity index (χ1v) is 9.41. The lowest BCUT2D eigenvalue weighted by Crippen LogP contribution is -2.30. The van der Waals surface area contributed by atoms with Crippen LogP contribution in [0, 0.1) is 0 Å². The third kappa shape index (κ3) is 5.94. The molecule has 0 saturated heterocycles. The summed E-state index contributed by atoms with van der Waals surface area (Å²) < 4.78 is 5.19. The predicted octanol–water partition coefficient (Wildman–Crippen LogP) is 4.66. The van der Waals surface area contributed by atoms with Crippen LogP contribution in [0.25, 0.3) is 6.08 Å². The Balaban J connectivity index is 1.81. The Morgan fingerprint density at radius 1 is 0.867 bits per heavy atom. The predicted molar refractivity (Wildman–Crippen MR) is 119 cm³/mol. The van der Waals surface area contributed by atoms with Crippen molar-refractivity contribution in [1.82, 2.24) is 5.32 Å². The van der Waals surface area contributed by atoms with Crippen molar-refractivity contribution in [2.75, 3.05) is 12.4 Å². The molecule has 0 aliphatic carbocycles. The molecule has 0 spiro atoms. The van der Waals surface area contributed by atoms with Gasteiger partial charge in [-0.2, -0.15) is 0 Å². The third-order valence-electron chi connectivity index (χ3n) is 4.21. The highest BCUT2D eigenvalue weighted by Gasteiger charge is 2.14. The number of allylic oxidation sites excluding steroid dienone is 2. The van der Waals surface area contributed by atoms with E-state index in [0.717, 1.165) is 5.56 Å². The number of benzene rings is 3. The first-order valence-electron chi connectivity index (χ1n) is 9.41. The summed E-state index contributed by atoms with van der Waals surface area (Å²) in [6.45, 7) is 0. The maximum Gasteiger partial charge on any atom is 0.272 e. The number of rotatable bonds is 7. The third-order valence-corrected chi connectivity index (χ3v) is 4.21. The van der Waals surface area contributed by atoms with E-state index < -0.39 is 5.91 Å². The number of ether oxygens (including phenoxy) is 1. The van der Waals surface area contributed by atoms with Crippen LogP contribution in [-0.4, -0.2) is 18.9 Å². The molecule has 0 aliphatic rings. The first kappa shape index (κ1) is 20.6. The maximum atomic E-state index is 12.9. The second-order valence-corrected chi connectivity index (χ2v) is 6.36. The summed E-state index contributed by atoms with van der Waals surface area (Å²) in [6.07, 6.45) is 5.15. The van der Waals surface area contributed by atoms with Crippen LogP contribution in [0.15, 0.2) is 103 Å². The highest BCUT2D eigenvalue weighted by molar-refractivity contribution is 6.08. The molecule has 0 aliphatic heterocycles. The second kappa shape index (κ2) is 10.4. The monoisotopic (exact) mass is 398 g/mol. The van der Waals surface area contributed by atoms with Crippen molar-refractivity contribution in [3.8, 4) is 5.75 Å². The van der Waals surface area contributed by atoms with E-state index in [2.05, 4.69) is 10.6 Å². The Bertz CT molecular complexity index is 1060. The second-order valence-electron chi connectivity index (χ2n) is 6.36. The van der Waals surface area contributed by atoms with Crippen LogP contribution < -0.4 is 15.4 Å². The molecule has 0 bridgehead atoms. The quantitative estimate of drug-likeness (QED) is 0.449. The van der Waals surface area contributed by atoms with Gasteiger partial charge in [-0.3, -0.25) is 9.59 Å². The Hall–Kier alpha value is -4.12.